The number of fused-ring (bicyclic) bond motifs is 2. The molecule has 1 aliphatic carbocycles. The molecule has 0 aliphatic heterocycles. The summed E-state index contributed by atoms with van der Waals surface area (Å²) in [5.74, 6) is -0.0614. The molecular weight excluding hydrogens is 434 g/mol. The maximum Gasteiger partial charge on any atom is 0.226 e. The molecule has 0 saturated carbocycles. The van der Waals surface area contributed by atoms with E-state index in [4.69, 9.17) is 4.98 Å². The summed E-state index contributed by atoms with van der Waals surface area (Å²) >= 11 is 0. The Labute approximate surface area is 193 Å². The Morgan fingerprint density at radius 2 is 1.82 bits per heavy atom. The molecule has 0 atom stereocenters. The molecule has 4 aromatic rings. The van der Waals surface area contributed by atoms with Gasteiger partial charge < -0.3 is 5.32 Å². The van der Waals surface area contributed by atoms with Crippen LogP contribution in [0.3, 0.4) is 0 Å². The third-order valence-electron chi connectivity index (χ3n) is 6.18. The number of benzene rings is 2. The maximum atomic E-state index is 12.9. The van der Waals surface area contributed by atoms with Crippen LogP contribution in [0.25, 0.3) is 16.9 Å². The van der Waals surface area contributed by atoms with E-state index in [-0.39, 0.29) is 18.1 Å². The largest absolute Gasteiger partial charge is 0.310 e. The van der Waals surface area contributed by atoms with Crippen LogP contribution in [-0.4, -0.2) is 29.5 Å². The van der Waals surface area contributed by atoms with E-state index in [1.165, 1.54) is 5.56 Å². The molecule has 6 nitrogen and oxygen atoms in total. The van der Waals surface area contributed by atoms with Gasteiger partial charge in [-0.25, -0.2) is 13.4 Å². The van der Waals surface area contributed by atoms with Gasteiger partial charge in [0, 0.05) is 18.2 Å². The molecule has 2 aromatic carbocycles. The van der Waals surface area contributed by atoms with Crippen molar-refractivity contribution in [1.29, 1.82) is 0 Å². The highest BCUT2D eigenvalue weighted by Gasteiger charge is 2.22. The molecule has 168 valence electrons. The number of amides is 1. The molecule has 0 unspecified atom stereocenters. The normalized spacial score (nSPS) is 13.2. The average Bonchev–Trinajstić information content (AvgIpc) is 3.44. The van der Waals surface area contributed by atoms with Gasteiger partial charge in [-0.1, -0.05) is 42.5 Å². The van der Waals surface area contributed by atoms with Gasteiger partial charge >= 0.3 is 0 Å². The van der Waals surface area contributed by atoms with Crippen LogP contribution >= 0.6 is 0 Å². The van der Waals surface area contributed by atoms with Gasteiger partial charge in [0.05, 0.1) is 10.6 Å². The first-order valence-corrected chi connectivity index (χ1v) is 12.7. The second kappa shape index (κ2) is 8.48. The van der Waals surface area contributed by atoms with E-state index in [1.807, 2.05) is 66.1 Å². The van der Waals surface area contributed by atoms with E-state index in [0.29, 0.717) is 16.4 Å². The number of nitrogens with zero attached hydrogens (tertiary/aromatic N) is 2. The Balaban J connectivity index is 1.39. The van der Waals surface area contributed by atoms with Crippen LogP contribution in [0.5, 0.6) is 0 Å². The van der Waals surface area contributed by atoms with Gasteiger partial charge in [0.15, 0.2) is 9.84 Å². The second-order valence-electron chi connectivity index (χ2n) is 8.46. The van der Waals surface area contributed by atoms with Crippen molar-refractivity contribution in [2.24, 2.45) is 0 Å². The van der Waals surface area contributed by atoms with Crippen molar-refractivity contribution < 1.29 is 13.2 Å². The Bertz CT molecular complexity index is 1460. The number of aryl methyl sites for hydroxylation is 3. The zero-order chi connectivity index (χ0) is 23.0. The van der Waals surface area contributed by atoms with E-state index in [0.717, 1.165) is 41.6 Å². The second-order valence-corrected chi connectivity index (χ2v) is 10.6. The topological polar surface area (TPSA) is 80.5 Å². The van der Waals surface area contributed by atoms with Crippen molar-refractivity contribution in [1.82, 2.24) is 9.38 Å². The number of aromatic nitrogens is 2. The highest BCUT2D eigenvalue weighted by molar-refractivity contribution is 7.91. The van der Waals surface area contributed by atoms with E-state index < -0.39 is 9.84 Å². The molecule has 1 N–H and O–H groups in total. The van der Waals surface area contributed by atoms with Crippen molar-refractivity contribution in [2.45, 2.75) is 37.5 Å². The number of imidazole rings is 1. The minimum Gasteiger partial charge on any atom is -0.310 e. The van der Waals surface area contributed by atoms with Crippen LogP contribution in [0.4, 0.5) is 5.82 Å². The number of pyridine rings is 1. The van der Waals surface area contributed by atoms with E-state index in [1.54, 1.807) is 12.1 Å². The Morgan fingerprint density at radius 1 is 1.03 bits per heavy atom. The fraction of sp³-hybridized carbons (Fsp3) is 0.231. The van der Waals surface area contributed by atoms with E-state index in [2.05, 4.69) is 5.32 Å². The van der Waals surface area contributed by atoms with Gasteiger partial charge in [0.1, 0.15) is 17.2 Å². The summed E-state index contributed by atoms with van der Waals surface area (Å²) in [4.78, 5) is 17.9. The van der Waals surface area contributed by atoms with Gasteiger partial charge in [0.25, 0.3) is 0 Å². The number of carbonyl (C=O) groups is 1. The number of nitrogens with one attached hydrogen (secondary N) is 1. The lowest BCUT2D eigenvalue weighted by atomic mass is 10.1. The SMILES string of the molecule is Cc1cccn2c(NC(=O)CCS(=O)(=O)c3ccc4c(c3)CCC4)c(-c3ccccc3)nc12. The molecule has 33 heavy (non-hydrogen) atoms. The summed E-state index contributed by atoms with van der Waals surface area (Å²) in [6.07, 6.45) is 4.69. The zero-order valence-corrected chi connectivity index (χ0v) is 19.2. The predicted octanol–water partition coefficient (Wildman–Crippen LogP) is 4.60. The summed E-state index contributed by atoms with van der Waals surface area (Å²) in [5, 5.41) is 2.92. The molecule has 0 bridgehead atoms. The minimum absolute atomic E-state index is 0.132. The lowest BCUT2D eigenvalue weighted by Crippen LogP contribution is -2.18. The highest BCUT2D eigenvalue weighted by atomic mass is 32.2. The van der Waals surface area contributed by atoms with Crippen molar-refractivity contribution in [2.75, 3.05) is 11.1 Å². The maximum absolute atomic E-state index is 12.9. The summed E-state index contributed by atoms with van der Waals surface area (Å²) in [7, 11) is -3.55. The van der Waals surface area contributed by atoms with Gasteiger partial charge in [-0.3, -0.25) is 9.20 Å². The Hall–Kier alpha value is -3.45. The molecule has 2 heterocycles. The Morgan fingerprint density at radius 3 is 2.64 bits per heavy atom. The highest BCUT2D eigenvalue weighted by Crippen LogP contribution is 2.30. The lowest BCUT2D eigenvalue weighted by Gasteiger charge is -2.09. The zero-order valence-electron chi connectivity index (χ0n) is 18.4. The molecular formula is C26H25N3O3S. The smallest absolute Gasteiger partial charge is 0.226 e. The molecule has 0 spiro atoms. The van der Waals surface area contributed by atoms with Crippen LogP contribution < -0.4 is 5.32 Å². The number of hydrogen-bond acceptors (Lipinski definition) is 4. The van der Waals surface area contributed by atoms with Crippen LogP contribution in [0.15, 0.2) is 71.8 Å². The van der Waals surface area contributed by atoms with Crippen molar-refractivity contribution in [3.8, 4) is 11.3 Å². The first-order valence-electron chi connectivity index (χ1n) is 11.1. The fourth-order valence-corrected chi connectivity index (χ4v) is 5.69. The summed E-state index contributed by atoms with van der Waals surface area (Å²) in [6.45, 7) is 1.96. The minimum atomic E-state index is -3.55. The predicted molar refractivity (Wildman–Crippen MR) is 129 cm³/mol. The fourth-order valence-electron chi connectivity index (χ4n) is 4.40. The summed E-state index contributed by atoms with van der Waals surface area (Å²) < 4.78 is 27.6. The molecule has 7 heteroatoms. The monoisotopic (exact) mass is 459 g/mol. The number of anilines is 1. The number of rotatable bonds is 6. The quantitative estimate of drug-likeness (QED) is 0.457. The molecule has 0 saturated heterocycles. The summed E-state index contributed by atoms with van der Waals surface area (Å²) in [5.41, 5.74) is 5.59. The van der Waals surface area contributed by atoms with Crippen LogP contribution in [-0.2, 0) is 27.5 Å². The van der Waals surface area contributed by atoms with Crippen LogP contribution in [0, 0.1) is 6.92 Å². The lowest BCUT2D eigenvalue weighted by molar-refractivity contribution is -0.115. The molecule has 1 aliphatic rings. The van der Waals surface area contributed by atoms with Gasteiger partial charge in [-0.05, 0) is 61.1 Å². The number of sulfone groups is 1. The third-order valence-corrected chi connectivity index (χ3v) is 7.89. The number of hydrogen-bond donors (Lipinski definition) is 1. The van der Waals surface area contributed by atoms with Gasteiger partial charge in [0.2, 0.25) is 5.91 Å². The van der Waals surface area contributed by atoms with Crippen molar-refractivity contribution >= 4 is 27.2 Å². The molecule has 0 radical (unpaired) electrons. The summed E-state index contributed by atoms with van der Waals surface area (Å²) in [6, 6.07) is 18.8. The molecule has 2 aromatic heterocycles. The first kappa shape index (κ1) is 21.4. The first-order chi connectivity index (χ1) is 15.9. The molecule has 5 rings (SSSR count). The van der Waals surface area contributed by atoms with Crippen LogP contribution in [0.2, 0.25) is 0 Å². The molecule has 0 fully saturated rings. The Kier molecular flexibility index (Phi) is 5.50. The van der Waals surface area contributed by atoms with Gasteiger partial charge in [-0.2, -0.15) is 0 Å². The third kappa shape index (κ3) is 4.16. The van der Waals surface area contributed by atoms with Gasteiger partial charge in [-0.15, -0.1) is 0 Å². The average molecular weight is 460 g/mol. The van der Waals surface area contributed by atoms with E-state index in [9.17, 15) is 13.2 Å². The molecule has 1 amide bonds. The van der Waals surface area contributed by atoms with Crippen molar-refractivity contribution in [3.05, 3.63) is 83.6 Å². The standard InChI is InChI=1S/C26H25N3O3S/c1-18-7-6-15-29-25(18)28-24(20-8-3-2-4-9-20)26(29)27-23(30)14-16-33(31,32)22-13-12-19-10-5-11-21(19)17-22/h2-4,6-9,12-13,15,17H,5,10-11,14,16H2,1H3,(H,27,30). The number of carbonyl (C=O) groups excluding carboxylic acids is 1. The van der Waals surface area contributed by atoms with Crippen LogP contribution in [0.1, 0.15) is 29.5 Å². The van der Waals surface area contributed by atoms with E-state index >= 15 is 0 Å². The van der Waals surface area contributed by atoms with Crippen molar-refractivity contribution in [3.63, 3.8) is 0 Å².